The maximum absolute atomic E-state index is 6.26. The molecule has 2 saturated carbocycles. The van der Waals surface area contributed by atoms with Gasteiger partial charge in [-0.05, 0) is 0 Å². The van der Waals surface area contributed by atoms with Gasteiger partial charge in [0.2, 0.25) is 0 Å². The number of hydrogen-bond donors (Lipinski definition) is 0. The second-order valence-electron chi connectivity index (χ2n) is 7.33. The van der Waals surface area contributed by atoms with Crippen LogP contribution in [0.4, 0.5) is 0 Å². The molecule has 0 aromatic heterocycles. The van der Waals surface area contributed by atoms with Crippen molar-refractivity contribution in [2.24, 2.45) is 0 Å². The van der Waals surface area contributed by atoms with Crippen molar-refractivity contribution in [3.8, 4) is 5.75 Å². The fourth-order valence-electron chi connectivity index (χ4n) is 4.30. The van der Waals surface area contributed by atoms with Gasteiger partial charge in [-0.15, -0.1) is 0 Å². The summed E-state index contributed by atoms with van der Waals surface area (Å²) in [6.07, 6.45) is 14.4. The third kappa shape index (κ3) is 4.94. The summed E-state index contributed by atoms with van der Waals surface area (Å²) in [7, 11) is 0. The molecule has 134 valence electrons. The average Bonchev–Trinajstić information content (AvgIpc) is 2.64. The monoisotopic (exact) mass is 430 g/mol. The fourth-order valence-corrected chi connectivity index (χ4v) is 16.8. The van der Waals surface area contributed by atoms with E-state index in [9.17, 15) is 0 Å². The van der Waals surface area contributed by atoms with E-state index in [0.717, 1.165) is 17.1 Å². The Morgan fingerprint density at radius 3 is 1.92 bits per heavy atom. The molecule has 0 saturated heterocycles. The Morgan fingerprint density at radius 1 is 0.917 bits per heavy atom. The van der Waals surface area contributed by atoms with Gasteiger partial charge in [-0.25, -0.2) is 0 Å². The van der Waals surface area contributed by atoms with E-state index in [1.54, 1.807) is 0 Å². The molecular formula is C20H31OPSSe. The second-order valence-corrected chi connectivity index (χ2v) is 18.8. The van der Waals surface area contributed by atoms with Crippen LogP contribution < -0.4 is 4.74 Å². The van der Waals surface area contributed by atoms with Crippen LogP contribution >= 0.6 is 16.1 Å². The fraction of sp³-hybridized carbons (Fsp3) is 0.700. The van der Waals surface area contributed by atoms with E-state index in [2.05, 4.69) is 63.7 Å². The Labute approximate surface area is 159 Å². The molecule has 2 fully saturated rings. The third-order valence-corrected chi connectivity index (χ3v) is 18.4. The van der Waals surface area contributed by atoms with Crippen LogP contribution in [-0.2, 0) is 0 Å². The predicted octanol–water partition coefficient (Wildman–Crippen LogP) is 6.83. The van der Waals surface area contributed by atoms with Gasteiger partial charge in [-0.3, -0.25) is 0 Å². The van der Waals surface area contributed by atoms with E-state index in [-0.39, 0.29) is 5.44 Å². The van der Waals surface area contributed by atoms with Crippen molar-refractivity contribution >= 4 is 31.2 Å². The summed E-state index contributed by atoms with van der Waals surface area (Å²) >= 11 is 6.03. The van der Waals surface area contributed by atoms with Crippen molar-refractivity contribution in [1.29, 1.82) is 0 Å². The Kier molecular flexibility index (Phi) is 7.41. The SMILES string of the molecule is CC(Oc1ccccc1)SP(=[Se])(C1CCCCC1)C1CCCCC1. The van der Waals surface area contributed by atoms with E-state index in [4.69, 9.17) is 4.74 Å². The summed E-state index contributed by atoms with van der Waals surface area (Å²) in [4.78, 5) is 0. The summed E-state index contributed by atoms with van der Waals surface area (Å²) in [6, 6.07) is 10.3. The zero-order chi connectivity index (χ0) is 16.8. The Morgan fingerprint density at radius 2 is 1.42 bits per heavy atom. The predicted molar refractivity (Wildman–Crippen MR) is 111 cm³/mol. The number of ether oxygens (including phenoxy) is 1. The molecule has 2 aliphatic carbocycles. The summed E-state index contributed by atoms with van der Waals surface area (Å²) in [6.45, 7) is 2.26. The molecule has 0 amide bonds. The second kappa shape index (κ2) is 9.31. The van der Waals surface area contributed by atoms with Crippen molar-refractivity contribution in [3.63, 3.8) is 0 Å². The molecule has 0 radical (unpaired) electrons. The van der Waals surface area contributed by atoms with Gasteiger partial charge in [0.25, 0.3) is 0 Å². The molecule has 3 rings (SSSR count). The standard InChI is InChI=1S/C20H31OPSSe/c1-17(21-18-11-5-2-6-12-18)23-22(24,19-13-7-3-8-14-19)20-15-9-4-10-16-20/h2,5-6,11-12,17,19-20H,3-4,7-10,13-16H2,1H3. The summed E-state index contributed by atoms with van der Waals surface area (Å²) in [5.41, 5.74) is 2.10. The van der Waals surface area contributed by atoms with E-state index in [1.807, 2.05) is 0 Å². The van der Waals surface area contributed by atoms with Crippen LogP contribution in [-0.4, -0.2) is 31.9 Å². The van der Waals surface area contributed by atoms with Crippen molar-refractivity contribution in [2.75, 3.05) is 0 Å². The van der Waals surface area contributed by atoms with Crippen molar-refractivity contribution < 1.29 is 4.74 Å². The summed E-state index contributed by atoms with van der Waals surface area (Å²) in [5, 5.41) is 0. The molecule has 1 atom stereocenters. The normalized spacial score (nSPS) is 22.2. The Bertz CT molecular complexity index is 516. The van der Waals surface area contributed by atoms with Gasteiger partial charge in [0.05, 0.1) is 0 Å². The molecule has 1 aromatic rings. The molecular weight excluding hydrogens is 398 g/mol. The zero-order valence-electron chi connectivity index (χ0n) is 14.9. The third-order valence-electron chi connectivity index (χ3n) is 5.53. The average molecular weight is 429 g/mol. The first-order chi connectivity index (χ1) is 11.7. The van der Waals surface area contributed by atoms with Crippen molar-refractivity contribution in [3.05, 3.63) is 30.3 Å². The van der Waals surface area contributed by atoms with Crippen LogP contribution in [0.1, 0.15) is 71.1 Å². The van der Waals surface area contributed by atoms with Crippen LogP contribution in [0.15, 0.2) is 30.3 Å². The molecule has 0 spiro atoms. The number of para-hydroxylation sites is 1. The van der Waals surface area contributed by atoms with E-state index < -0.39 is 4.71 Å². The van der Waals surface area contributed by atoms with Gasteiger partial charge < -0.3 is 0 Å². The van der Waals surface area contributed by atoms with Gasteiger partial charge >= 0.3 is 160 Å². The first kappa shape index (κ1) is 19.1. The molecule has 4 heteroatoms. The van der Waals surface area contributed by atoms with Gasteiger partial charge in [0.15, 0.2) is 0 Å². The van der Waals surface area contributed by atoms with Crippen LogP contribution in [0.3, 0.4) is 0 Å². The molecule has 0 aliphatic heterocycles. The van der Waals surface area contributed by atoms with Gasteiger partial charge in [-0.2, -0.15) is 0 Å². The van der Waals surface area contributed by atoms with Crippen molar-refractivity contribution in [2.45, 2.75) is 87.9 Å². The molecule has 0 heterocycles. The van der Waals surface area contributed by atoms with Gasteiger partial charge in [0, 0.05) is 0 Å². The Balaban J connectivity index is 1.72. The molecule has 2 aliphatic rings. The van der Waals surface area contributed by atoms with E-state index >= 15 is 0 Å². The van der Waals surface area contributed by atoms with Gasteiger partial charge in [0.1, 0.15) is 0 Å². The van der Waals surface area contributed by atoms with E-state index in [0.29, 0.717) is 0 Å². The minimum atomic E-state index is -1.15. The van der Waals surface area contributed by atoms with Crippen molar-refractivity contribution in [1.82, 2.24) is 0 Å². The molecule has 1 unspecified atom stereocenters. The molecule has 1 nitrogen and oxygen atoms in total. The Hall–Kier alpha value is 0.319. The zero-order valence-corrected chi connectivity index (χ0v) is 18.3. The molecule has 24 heavy (non-hydrogen) atoms. The quantitative estimate of drug-likeness (QED) is 0.279. The van der Waals surface area contributed by atoms with Crippen LogP contribution in [0.5, 0.6) is 5.75 Å². The molecule has 0 bridgehead atoms. The molecule has 0 N–H and O–H groups in total. The summed E-state index contributed by atoms with van der Waals surface area (Å²) in [5.74, 6) is 1.01. The number of rotatable bonds is 6. The first-order valence-corrected chi connectivity index (χ1v) is 15.3. The number of benzene rings is 1. The van der Waals surface area contributed by atoms with E-state index in [1.165, 1.54) is 64.2 Å². The first-order valence-electron chi connectivity index (χ1n) is 9.68. The topological polar surface area (TPSA) is 9.23 Å². The van der Waals surface area contributed by atoms with Crippen LogP contribution in [0.2, 0.25) is 0 Å². The molecule has 1 aromatic carbocycles. The van der Waals surface area contributed by atoms with Gasteiger partial charge in [-0.1, -0.05) is 0 Å². The van der Waals surface area contributed by atoms with Crippen LogP contribution in [0, 0.1) is 0 Å². The van der Waals surface area contributed by atoms with Crippen LogP contribution in [0.25, 0.3) is 0 Å². The number of hydrogen-bond acceptors (Lipinski definition) is 2. The maximum atomic E-state index is 6.26. The summed E-state index contributed by atoms with van der Waals surface area (Å²) < 4.78 is 5.12. The minimum absolute atomic E-state index is 0.242.